The number of carboxylic acid groups (broad SMARTS) is 1. The van der Waals surface area contributed by atoms with Crippen molar-refractivity contribution in [2.45, 2.75) is 18.2 Å². The van der Waals surface area contributed by atoms with Gasteiger partial charge in [-0.05, 0) is 17.7 Å². The van der Waals surface area contributed by atoms with E-state index >= 15 is 0 Å². The number of hydrogen-bond donors (Lipinski definition) is 2. The Balaban J connectivity index is 2.40. The normalized spacial score (nSPS) is 11.9. The third-order valence-electron chi connectivity index (χ3n) is 2.26. The number of aliphatic carboxylic acids is 1. The molecule has 0 bridgehead atoms. The van der Waals surface area contributed by atoms with Crippen molar-refractivity contribution in [2.24, 2.45) is 5.73 Å². The first-order valence-electron chi connectivity index (χ1n) is 5.30. The summed E-state index contributed by atoms with van der Waals surface area (Å²) in [5, 5.41) is 8.35. The molecule has 18 heavy (non-hydrogen) atoms. The molecule has 0 aliphatic heterocycles. The molecule has 6 heteroatoms. The van der Waals surface area contributed by atoms with Crippen molar-refractivity contribution in [3.05, 3.63) is 29.8 Å². The summed E-state index contributed by atoms with van der Waals surface area (Å²) in [6.45, 7) is 0. The summed E-state index contributed by atoms with van der Waals surface area (Å²) in [5.41, 5.74) is 6.24. The maximum atomic E-state index is 11.4. The van der Waals surface area contributed by atoms with E-state index in [4.69, 9.17) is 15.6 Å². The van der Waals surface area contributed by atoms with Crippen molar-refractivity contribution < 1.29 is 19.4 Å². The number of carbonyl (C=O) groups is 2. The van der Waals surface area contributed by atoms with Gasteiger partial charge >= 0.3 is 5.97 Å². The molecule has 5 nitrogen and oxygen atoms in total. The Labute approximate surface area is 109 Å². The van der Waals surface area contributed by atoms with Crippen LogP contribution in [0.1, 0.15) is 12.0 Å². The van der Waals surface area contributed by atoms with E-state index in [1.807, 2.05) is 24.3 Å². The third kappa shape index (κ3) is 4.77. The molecule has 1 atom stereocenters. The predicted octanol–water partition coefficient (Wildman–Crippen LogP) is 1.26. The minimum atomic E-state index is -1.16. The molecule has 98 valence electrons. The molecule has 0 radical (unpaired) electrons. The zero-order chi connectivity index (χ0) is 13.5. The van der Waals surface area contributed by atoms with E-state index in [1.54, 1.807) is 7.11 Å². The molecule has 0 fully saturated rings. The Kier molecular flexibility index (Phi) is 5.67. The van der Waals surface area contributed by atoms with E-state index in [2.05, 4.69) is 0 Å². The molecular weight excluding hydrogens is 254 g/mol. The minimum absolute atomic E-state index is 0.157. The van der Waals surface area contributed by atoms with Gasteiger partial charge in [0.2, 0.25) is 0 Å². The minimum Gasteiger partial charge on any atom is -0.497 e. The summed E-state index contributed by atoms with van der Waals surface area (Å²) in [7, 11) is 1.58. The van der Waals surface area contributed by atoms with Crippen LogP contribution in [0, 0.1) is 0 Å². The van der Waals surface area contributed by atoms with E-state index in [-0.39, 0.29) is 11.5 Å². The fourth-order valence-corrected chi connectivity index (χ4v) is 2.03. The van der Waals surface area contributed by atoms with Crippen LogP contribution in [0.3, 0.4) is 0 Å². The topological polar surface area (TPSA) is 89.6 Å². The summed E-state index contributed by atoms with van der Waals surface area (Å²) < 4.78 is 5.02. The Hall–Kier alpha value is -1.53. The average molecular weight is 269 g/mol. The van der Waals surface area contributed by atoms with Gasteiger partial charge in [-0.1, -0.05) is 23.9 Å². The summed E-state index contributed by atoms with van der Waals surface area (Å²) >= 11 is 1.07. The Morgan fingerprint density at radius 1 is 1.39 bits per heavy atom. The molecule has 1 aromatic rings. The van der Waals surface area contributed by atoms with E-state index in [0.29, 0.717) is 5.75 Å². The van der Waals surface area contributed by atoms with E-state index < -0.39 is 12.0 Å². The number of carbonyl (C=O) groups excluding carboxylic acids is 1. The molecule has 0 aliphatic carbocycles. The van der Waals surface area contributed by atoms with Crippen molar-refractivity contribution in [1.82, 2.24) is 0 Å². The van der Waals surface area contributed by atoms with Gasteiger partial charge in [0.25, 0.3) is 0 Å². The summed E-state index contributed by atoms with van der Waals surface area (Å²) in [6, 6.07) is 6.21. The van der Waals surface area contributed by atoms with Gasteiger partial charge in [0.05, 0.1) is 7.11 Å². The molecule has 0 aromatic heterocycles. The smallest absolute Gasteiger partial charge is 0.320 e. The summed E-state index contributed by atoms with van der Waals surface area (Å²) in [6.07, 6.45) is -0.157. The molecule has 1 rings (SSSR count). The van der Waals surface area contributed by atoms with Crippen molar-refractivity contribution in [3.8, 4) is 5.75 Å². The quantitative estimate of drug-likeness (QED) is 0.808. The van der Waals surface area contributed by atoms with Gasteiger partial charge in [-0.3, -0.25) is 9.59 Å². The Morgan fingerprint density at radius 3 is 2.50 bits per heavy atom. The lowest BCUT2D eigenvalue weighted by molar-refractivity contribution is -0.139. The van der Waals surface area contributed by atoms with Crippen LogP contribution in [-0.4, -0.2) is 29.3 Å². The van der Waals surface area contributed by atoms with E-state index in [1.165, 1.54) is 0 Å². The number of nitrogens with two attached hydrogens (primary N) is 1. The predicted molar refractivity (Wildman–Crippen MR) is 69.5 cm³/mol. The zero-order valence-electron chi connectivity index (χ0n) is 9.96. The lowest BCUT2D eigenvalue weighted by Gasteiger charge is -2.05. The maximum Gasteiger partial charge on any atom is 0.320 e. The number of methoxy groups -OCH3 is 1. The van der Waals surface area contributed by atoms with E-state index in [0.717, 1.165) is 23.1 Å². The highest BCUT2D eigenvalue weighted by atomic mass is 32.2. The monoisotopic (exact) mass is 269 g/mol. The molecule has 0 heterocycles. The lowest BCUT2D eigenvalue weighted by Crippen LogP contribution is -2.31. The first-order chi connectivity index (χ1) is 8.52. The van der Waals surface area contributed by atoms with Crippen LogP contribution in [0.2, 0.25) is 0 Å². The summed E-state index contributed by atoms with van der Waals surface area (Å²) in [5.74, 6) is 0.0891. The molecule has 0 unspecified atom stereocenters. The number of carboxylic acids is 1. The van der Waals surface area contributed by atoms with Crippen LogP contribution in [0.15, 0.2) is 24.3 Å². The number of thioether (sulfide) groups is 1. The van der Waals surface area contributed by atoms with Crippen LogP contribution >= 0.6 is 11.8 Å². The molecule has 0 aliphatic rings. The van der Waals surface area contributed by atoms with Gasteiger partial charge in [0.1, 0.15) is 11.8 Å². The highest BCUT2D eigenvalue weighted by molar-refractivity contribution is 8.12. The molecule has 0 saturated carbocycles. The number of ether oxygens (including phenoxy) is 1. The standard InChI is InChI=1S/C12H15NO4S/c1-17-9-4-2-8(3-5-9)7-18-11(14)6-10(13)12(15)16/h2-5,10H,6-7,13H2,1H3,(H,15,16)/t10-/m0/s1. The largest absolute Gasteiger partial charge is 0.497 e. The second-order valence-electron chi connectivity index (χ2n) is 3.66. The van der Waals surface area contributed by atoms with Crippen molar-refractivity contribution >= 4 is 22.8 Å². The molecule has 1 aromatic carbocycles. The van der Waals surface area contributed by atoms with Gasteiger partial charge in [-0.2, -0.15) is 0 Å². The second kappa shape index (κ2) is 7.03. The third-order valence-corrected chi connectivity index (χ3v) is 3.23. The van der Waals surface area contributed by atoms with Gasteiger partial charge in [0.15, 0.2) is 5.12 Å². The Morgan fingerprint density at radius 2 is 2.00 bits per heavy atom. The van der Waals surface area contributed by atoms with Crippen molar-refractivity contribution in [1.29, 1.82) is 0 Å². The lowest BCUT2D eigenvalue weighted by atomic mass is 10.2. The van der Waals surface area contributed by atoms with Gasteiger partial charge in [0, 0.05) is 12.2 Å². The highest BCUT2D eigenvalue weighted by Gasteiger charge is 2.16. The first-order valence-corrected chi connectivity index (χ1v) is 6.28. The molecule has 0 saturated heterocycles. The summed E-state index contributed by atoms with van der Waals surface area (Å²) in [4.78, 5) is 21.9. The maximum absolute atomic E-state index is 11.4. The highest BCUT2D eigenvalue weighted by Crippen LogP contribution is 2.18. The zero-order valence-corrected chi connectivity index (χ0v) is 10.8. The molecular formula is C12H15NO4S. The van der Waals surface area contributed by atoms with E-state index in [9.17, 15) is 9.59 Å². The molecule has 0 spiro atoms. The fraction of sp³-hybridized carbons (Fsp3) is 0.333. The van der Waals surface area contributed by atoms with Crippen molar-refractivity contribution in [2.75, 3.05) is 7.11 Å². The molecule has 0 amide bonds. The first kappa shape index (κ1) is 14.5. The van der Waals surface area contributed by atoms with Crippen LogP contribution in [0.25, 0.3) is 0 Å². The van der Waals surface area contributed by atoms with Gasteiger partial charge in [-0.25, -0.2) is 0 Å². The fourth-order valence-electron chi connectivity index (χ4n) is 1.21. The van der Waals surface area contributed by atoms with Crippen molar-refractivity contribution in [3.63, 3.8) is 0 Å². The van der Waals surface area contributed by atoms with Gasteiger partial charge < -0.3 is 15.6 Å². The SMILES string of the molecule is COc1ccc(CSC(=O)C[C@H](N)C(=O)O)cc1. The second-order valence-corrected chi connectivity index (χ2v) is 4.69. The van der Waals surface area contributed by atoms with Crippen LogP contribution < -0.4 is 10.5 Å². The van der Waals surface area contributed by atoms with Crippen LogP contribution in [0.4, 0.5) is 0 Å². The number of benzene rings is 1. The van der Waals surface area contributed by atoms with Crippen LogP contribution in [-0.2, 0) is 15.3 Å². The Bertz CT molecular complexity index is 419. The van der Waals surface area contributed by atoms with Gasteiger partial charge in [-0.15, -0.1) is 0 Å². The number of rotatable bonds is 6. The van der Waals surface area contributed by atoms with Crippen LogP contribution in [0.5, 0.6) is 5.75 Å². The molecule has 3 N–H and O–H groups in total. The average Bonchev–Trinajstić information content (AvgIpc) is 2.36. The number of hydrogen-bond acceptors (Lipinski definition) is 5.